The van der Waals surface area contributed by atoms with Gasteiger partial charge in [0.15, 0.2) is 6.61 Å². The highest BCUT2D eigenvalue weighted by Crippen LogP contribution is 2.21. The minimum Gasteiger partial charge on any atom is -0.454 e. The molecule has 0 saturated heterocycles. The van der Waals surface area contributed by atoms with Crippen molar-refractivity contribution in [3.05, 3.63) is 29.3 Å². The summed E-state index contributed by atoms with van der Waals surface area (Å²) in [7, 11) is -3.72. The van der Waals surface area contributed by atoms with E-state index < -0.39 is 35.1 Å². The topological polar surface area (TPSA) is 92.8 Å². The third-order valence-electron chi connectivity index (χ3n) is 3.48. The van der Waals surface area contributed by atoms with Gasteiger partial charge in [-0.3, -0.25) is 13.9 Å². The molecule has 1 N–H and O–H groups in total. The van der Waals surface area contributed by atoms with Crippen LogP contribution >= 0.6 is 11.6 Å². The molecule has 9 heteroatoms. The molecule has 140 valence electrons. The largest absolute Gasteiger partial charge is 0.454 e. The molecule has 0 atom stereocenters. The van der Waals surface area contributed by atoms with E-state index in [9.17, 15) is 18.0 Å². The predicted molar refractivity (Wildman–Crippen MR) is 97.1 cm³/mol. The Balaban J connectivity index is 2.70. The van der Waals surface area contributed by atoms with Crippen molar-refractivity contribution >= 4 is 39.2 Å². The van der Waals surface area contributed by atoms with Crippen molar-refractivity contribution < 1.29 is 22.7 Å². The lowest BCUT2D eigenvalue weighted by Gasteiger charge is -2.21. The fourth-order valence-electron chi connectivity index (χ4n) is 2.10. The molecular weight excluding hydrogens is 368 g/mol. The molecule has 1 aromatic carbocycles. The Hall–Kier alpha value is -1.80. The second kappa shape index (κ2) is 9.62. The summed E-state index contributed by atoms with van der Waals surface area (Å²) in [6.07, 6.45) is 2.51. The van der Waals surface area contributed by atoms with E-state index in [0.29, 0.717) is 5.02 Å². The molecule has 0 aliphatic heterocycles. The van der Waals surface area contributed by atoms with Gasteiger partial charge in [0.25, 0.3) is 5.91 Å². The third kappa shape index (κ3) is 7.31. The number of nitrogens with one attached hydrogen (secondary N) is 1. The Morgan fingerprint density at radius 2 is 1.92 bits per heavy atom. The van der Waals surface area contributed by atoms with Crippen molar-refractivity contribution in [2.24, 2.45) is 0 Å². The van der Waals surface area contributed by atoms with E-state index in [4.69, 9.17) is 16.3 Å². The molecule has 0 saturated carbocycles. The van der Waals surface area contributed by atoms with Gasteiger partial charge >= 0.3 is 5.97 Å². The molecule has 0 aliphatic rings. The molecule has 0 bridgehead atoms. The molecule has 7 nitrogen and oxygen atoms in total. The van der Waals surface area contributed by atoms with Crippen molar-refractivity contribution in [2.75, 3.05) is 23.7 Å². The van der Waals surface area contributed by atoms with Crippen molar-refractivity contribution in [1.82, 2.24) is 5.32 Å². The number of sulfonamides is 1. The number of carbonyl (C=O) groups is 2. The molecule has 0 heterocycles. The number of carbonyl (C=O) groups excluding carboxylic acids is 2. The van der Waals surface area contributed by atoms with Crippen molar-refractivity contribution in [3.63, 3.8) is 0 Å². The average molecular weight is 391 g/mol. The average Bonchev–Trinajstić information content (AvgIpc) is 2.54. The first-order chi connectivity index (χ1) is 11.7. The van der Waals surface area contributed by atoms with Gasteiger partial charge in [-0.2, -0.15) is 0 Å². The van der Waals surface area contributed by atoms with Gasteiger partial charge in [-0.1, -0.05) is 31.5 Å². The van der Waals surface area contributed by atoms with E-state index in [1.807, 2.05) is 13.8 Å². The molecule has 0 aromatic heterocycles. The SMILES string of the molecule is CCC(CC)NC(=O)COC(=O)CN(c1cccc(Cl)c1)S(C)(=O)=O. The molecule has 0 fully saturated rings. The maximum absolute atomic E-state index is 11.9. The monoisotopic (exact) mass is 390 g/mol. The minimum atomic E-state index is -3.72. The molecule has 25 heavy (non-hydrogen) atoms. The van der Waals surface area contributed by atoms with Crippen LogP contribution in [-0.4, -0.2) is 45.7 Å². The summed E-state index contributed by atoms with van der Waals surface area (Å²) in [5, 5.41) is 3.07. The zero-order valence-corrected chi connectivity index (χ0v) is 16.1. The van der Waals surface area contributed by atoms with Crippen LogP contribution in [0, 0.1) is 0 Å². The van der Waals surface area contributed by atoms with Crippen molar-refractivity contribution in [3.8, 4) is 0 Å². The highest BCUT2D eigenvalue weighted by Gasteiger charge is 2.22. The van der Waals surface area contributed by atoms with Crippen LogP contribution in [0.1, 0.15) is 26.7 Å². The number of anilines is 1. The summed E-state index contributed by atoms with van der Waals surface area (Å²) >= 11 is 5.86. The standard InChI is InChI=1S/C16H23ClN2O5S/c1-4-13(5-2)18-15(20)11-24-16(21)10-19(25(3,22)23)14-8-6-7-12(17)9-14/h6-9,13H,4-5,10-11H2,1-3H3,(H,18,20). The van der Waals surface area contributed by atoms with Gasteiger partial charge in [0.1, 0.15) is 6.54 Å². The zero-order valence-electron chi connectivity index (χ0n) is 14.5. The molecule has 0 unspecified atom stereocenters. The Kier molecular flexibility index (Phi) is 8.18. The lowest BCUT2D eigenvalue weighted by molar-refractivity contribution is -0.147. The van der Waals surface area contributed by atoms with Crippen LogP contribution in [0.25, 0.3) is 0 Å². The van der Waals surface area contributed by atoms with Gasteiger partial charge in [-0.25, -0.2) is 8.42 Å². The molecule has 1 rings (SSSR count). The van der Waals surface area contributed by atoms with E-state index in [-0.39, 0.29) is 11.7 Å². The van der Waals surface area contributed by atoms with Gasteiger partial charge in [-0.15, -0.1) is 0 Å². The number of halogens is 1. The number of benzene rings is 1. The van der Waals surface area contributed by atoms with E-state index >= 15 is 0 Å². The highest BCUT2D eigenvalue weighted by molar-refractivity contribution is 7.92. The Bertz CT molecular complexity index is 704. The second-order valence-electron chi connectivity index (χ2n) is 5.49. The van der Waals surface area contributed by atoms with Crippen molar-refractivity contribution in [1.29, 1.82) is 0 Å². The van der Waals surface area contributed by atoms with E-state index in [1.165, 1.54) is 12.1 Å². The number of hydrogen-bond acceptors (Lipinski definition) is 5. The predicted octanol–water partition coefficient (Wildman–Crippen LogP) is 1.95. The van der Waals surface area contributed by atoms with Gasteiger partial charge in [0.2, 0.25) is 10.0 Å². The van der Waals surface area contributed by atoms with E-state index in [0.717, 1.165) is 23.4 Å². The lowest BCUT2D eigenvalue weighted by atomic mass is 10.2. The molecule has 0 aliphatic carbocycles. The van der Waals surface area contributed by atoms with Crippen LogP contribution in [0.2, 0.25) is 5.02 Å². The van der Waals surface area contributed by atoms with Crippen LogP contribution in [0.4, 0.5) is 5.69 Å². The molecule has 0 radical (unpaired) electrons. The summed E-state index contributed by atoms with van der Waals surface area (Å²) in [4.78, 5) is 23.7. The minimum absolute atomic E-state index is 0.0187. The number of rotatable bonds is 9. The number of ether oxygens (including phenoxy) is 1. The maximum atomic E-state index is 11.9. The van der Waals surface area contributed by atoms with Crippen molar-refractivity contribution in [2.45, 2.75) is 32.7 Å². The van der Waals surface area contributed by atoms with Gasteiger partial charge in [0, 0.05) is 11.1 Å². The van der Waals surface area contributed by atoms with Crippen LogP contribution in [-0.2, 0) is 24.3 Å². The van der Waals surface area contributed by atoms with Gasteiger partial charge < -0.3 is 10.1 Å². The van der Waals surface area contributed by atoms with E-state index in [2.05, 4.69) is 5.32 Å². The lowest BCUT2D eigenvalue weighted by Crippen LogP contribution is -2.39. The zero-order chi connectivity index (χ0) is 19.0. The van der Waals surface area contributed by atoms with Crippen LogP contribution in [0.15, 0.2) is 24.3 Å². The Morgan fingerprint density at radius 3 is 2.44 bits per heavy atom. The highest BCUT2D eigenvalue weighted by atomic mass is 35.5. The first-order valence-corrected chi connectivity index (χ1v) is 10.1. The Morgan fingerprint density at radius 1 is 1.28 bits per heavy atom. The maximum Gasteiger partial charge on any atom is 0.327 e. The summed E-state index contributed by atoms with van der Waals surface area (Å²) in [5.41, 5.74) is 0.244. The van der Waals surface area contributed by atoms with Gasteiger partial charge in [0.05, 0.1) is 11.9 Å². The smallest absolute Gasteiger partial charge is 0.327 e. The van der Waals surface area contributed by atoms with Crippen LogP contribution < -0.4 is 9.62 Å². The molecule has 1 amide bonds. The molecular formula is C16H23ClN2O5S. The van der Waals surface area contributed by atoms with Crippen LogP contribution in [0.5, 0.6) is 0 Å². The Labute approximate surface area is 153 Å². The number of esters is 1. The number of amides is 1. The normalized spacial score (nSPS) is 11.2. The quantitative estimate of drug-likeness (QED) is 0.650. The first kappa shape index (κ1) is 21.2. The number of nitrogens with zero attached hydrogens (tertiary/aromatic N) is 1. The first-order valence-electron chi connectivity index (χ1n) is 7.85. The molecule has 1 aromatic rings. The number of hydrogen-bond donors (Lipinski definition) is 1. The second-order valence-corrected chi connectivity index (χ2v) is 7.83. The fourth-order valence-corrected chi connectivity index (χ4v) is 3.12. The summed E-state index contributed by atoms with van der Waals surface area (Å²) in [6, 6.07) is 6.12. The third-order valence-corrected chi connectivity index (χ3v) is 4.86. The fraction of sp³-hybridized carbons (Fsp3) is 0.500. The van der Waals surface area contributed by atoms with E-state index in [1.54, 1.807) is 12.1 Å². The van der Waals surface area contributed by atoms with Gasteiger partial charge in [-0.05, 0) is 31.0 Å². The molecule has 0 spiro atoms. The summed E-state index contributed by atoms with van der Waals surface area (Å²) in [6.45, 7) is 2.88. The van der Waals surface area contributed by atoms with Crippen LogP contribution in [0.3, 0.4) is 0 Å². The summed E-state index contributed by atoms with van der Waals surface area (Å²) in [5.74, 6) is -1.25. The summed E-state index contributed by atoms with van der Waals surface area (Å²) < 4.78 is 29.6.